The molecule has 1 N–H and O–H groups in total. The number of likely N-dealkylation sites (N-methyl/N-ethyl adjacent to an activating group) is 1. The second kappa shape index (κ2) is 5.74. The quantitative estimate of drug-likeness (QED) is 0.887. The van der Waals surface area contributed by atoms with Crippen LogP contribution >= 0.6 is 11.6 Å². The second-order valence-corrected chi connectivity index (χ2v) is 5.84. The van der Waals surface area contributed by atoms with Crippen LogP contribution in [0.1, 0.15) is 26.3 Å². The molecule has 1 aromatic carbocycles. The molecule has 96 valence electrons. The fourth-order valence-corrected chi connectivity index (χ4v) is 1.77. The average Bonchev–Trinajstić information content (AvgIpc) is 2.22. The van der Waals surface area contributed by atoms with Gasteiger partial charge in [0.05, 0.1) is 0 Å². The Balaban J connectivity index is 2.63. The topological polar surface area (TPSA) is 21.3 Å². The van der Waals surface area contributed by atoms with Gasteiger partial charge in [0.25, 0.3) is 0 Å². The Hall–Kier alpha value is -0.730. The van der Waals surface area contributed by atoms with E-state index in [0.29, 0.717) is 12.6 Å². The molecule has 3 heteroatoms. The molecular formula is C14H22ClNO. The Kier molecular flexibility index (Phi) is 4.84. The minimum absolute atomic E-state index is 0.177. The van der Waals surface area contributed by atoms with Crippen LogP contribution < -0.4 is 10.1 Å². The molecule has 0 fully saturated rings. The lowest BCUT2D eigenvalue weighted by Gasteiger charge is -2.30. The summed E-state index contributed by atoms with van der Waals surface area (Å²) in [6.45, 7) is 9.23. The van der Waals surface area contributed by atoms with E-state index in [-0.39, 0.29) is 5.41 Å². The van der Waals surface area contributed by atoms with E-state index in [1.165, 1.54) is 0 Å². The summed E-state index contributed by atoms with van der Waals surface area (Å²) in [7, 11) is 1.96. The zero-order valence-electron chi connectivity index (χ0n) is 11.3. The summed E-state index contributed by atoms with van der Waals surface area (Å²) in [6.07, 6.45) is 0. The Morgan fingerprint density at radius 3 is 2.47 bits per heavy atom. The van der Waals surface area contributed by atoms with Gasteiger partial charge in [0.1, 0.15) is 12.4 Å². The minimum Gasteiger partial charge on any atom is -0.492 e. The molecule has 2 nitrogen and oxygen atoms in total. The van der Waals surface area contributed by atoms with Crippen LogP contribution in [0.3, 0.4) is 0 Å². The molecule has 17 heavy (non-hydrogen) atoms. The molecular weight excluding hydrogens is 234 g/mol. The summed E-state index contributed by atoms with van der Waals surface area (Å²) in [5, 5.41) is 4.06. The van der Waals surface area contributed by atoms with Crippen molar-refractivity contribution in [3.63, 3.8) is 0 Å². The van der Waals surface area contributed by atoms with Crippen molar-refractivity contribution in [3.05, 3.63) is 28.8 Å². The SMILES string of the molecule is CNC(COc1ccc(Cl)c(C)c1)C(C)(C)C. The largest absolute Gasteiger partial charge is 0.492 e. The highest BCUT2D eigenvalue weighted by Crippen LogP contribution is 2.23. The van der Waals surface area contributed by atoms with E-state index in [2.05, 4.69) is 26.1 Å². The summed E-state index contributed by atoms with van der Waals surface area (Å²) < 4.78 is 5.80. The predicted molar refractivity (Wildman–Crippen MR) is 74.0 cm³/mol. The maximum absolute atomic E-state index is 5.98. The van der Waals surface area contributed by atoms with Gasteiger partial charge in [0.15, 0.2) is 0 Å². The smallest absolute Gasteiger partial charge is 0.119 e. The van der Waals surface area contributed by atoms with Gasteiger partial charge < -0.3 is 10.1 Å². The van der Waals surface area contributed by atoms with Crippen LogP contribution in [-0.2, 0) is 0 Å². The summed E-state index contributed by atoms with van der Waals surface area (Å²) in [4.78, 5) is 0. The zero-order chi connectivity index (χ0) is 13.1. The Bertz CT molecular complexity index is 371. The first kappa shape index (κ1) is 14.3. The minimum atomic E-state index is 0.177. The molecule has 0 aromatic heterocycles. The number of hydrogen-bond acceptors (Lipinski definition) is 2. The van der Waals surface area contributed by atoms with Gasteiger partial charge in [-0.2, -0.15) is 0 Å². The van der Waals surface area contributed by atoms with Gasteiger partial charge in [-0.3, -0.25) is 0 Å². The van der Waals surface area contributed by atoms with Crippen LogP contribution in [0.15, 0.2) is 18.2 Å². The second-order valence-electron chi connectivity index (χ2n) is 5.43. The lowest BCUT2D eigenvalue weighted by molar-refractivity contribution is 0.181. The molecule has 1 aromatic rings. The normalized spacial score (nSPS) is 13.5. The van der Waals surface area contributed by atoms with Crippen LogP contribution in [0.4, 0.5) is 0 Å². The summed E-state index contributed by atoms with van der Waals surface area (Å²) in [5.41, 5.74) is 1.22. The maximum Gasteiger partial charge on any atom is 0.119 e. The van der Waals surface area contributed by atoms with Gasteiger partial charge in [-0.25, -0.2) is 0 Å². The summed E-state index contributed by atoms with van der Waals surface area (Å²) >= 11 is 5.98. The van der Waals surface area contributed by atoms with Crippen molar-refractivity contribution in [1.82, 2.24) is 5.32 Å². The van der Waals surface area contributed by atoms with Crippen LogP contribution in [-0.4, -0.2) is 19.7 Å². The average molecular weight is 256 g/mol. The zero-order valence-corrected chi connectivity index (χ0v) is 12.1. The summed E-state index contributed by atoms with van der Waals surface area (Å²) in [6, 6.07) is 6.07. The molecule has 0 amide bonds. The third-order valence-electron chi connectivity index (χ3n) is 2.94. The molecule has 0 saturated carbocycles. The molecule has 0 heterocycles. The van der Waals surface area contributed by atoms with Gasteiger partial charge in [0.2, 0.25) is 0 Å². The van der Waals surface area contributed by atoms with Crippen LogP contribution in [0.25, 0.3) is 0 Å². The molecule has 0 saturated heterocycles. The van der Waals surface area contributed by atoms with E-state index in [1.807, 2.05) is 32.2 Å². The van der Waals surface area contributed by atoms with E-state index >= 15 is 0 Å². The van der Waals surface area contributed by atoms with Crippen molar-refractivity contribution >= 4 is 11.6 Å². The molecule has 1 rings (SSSR count). The maximum atomic E-state index is 5.98. The molecule has 0 spiro atoms. The molecule has 0 aliphatic heterocycles. The Morgan fingerprint density at radius 2 is 2.00 bits per heavy atom. The standard InChI is InChI=1S/C14H22ClNO/c1-10-8-11(6-7-12(10)15)17-9-13(16-5)14(2,3)4/h6-8,13,16H,9H2,1-5H3. The highest BCUT2D eigenvalue weighted by molar-refractivity contribution is 6.31. The highest BCUT2D eigenvalue weighted by atomic mass is 35.5. The first-order chi connectivity index (χ1) is 7.84. The van der Waals surface area contributed by atoms with Crippen molar-refractivity contribution in [2.24, 2.45) is 5.41 Å². The third kappa shape index (κ3) is 4.21. The monoisotopic (exact) mass is 255 g/mol. The number of rotatable bonds is 4. The van der Waals surface area contributed by atoms with Crippen LogP contribution in [0.2, 0.25) is 5.02 Å². The number of ether oxygens (including phenoxy) is 1. The van der Waals surface area contributed by atoms with Crippen LogP contribution in [0.5, 0.6) is 5.75 Å². The highest BCUT2D eigenvalue weighted by Gasteiger charge is 2.23. The number of nitrogens with one attached hydrogen (secondary N) is 1. The third-order valence-corrected chi connectivity index (χ3v) is 3.36. The van der Waals surface area contributed by atoms with E-state index in [1.54, 1.807) is 0 Å². The molecule has 1 unspecified atom stereocenters. The van der Waals surface area contributed by atoms with Gasteiger partial charge >= 0.3 is 0 Å². The van der Waals surface area contributed by atoms with Gasteiger partial charge in [-0.05, 0) is 43.1 Å². The van der Waals surface area contributed by atoms with Gasteiger partial charge in [-0.1, -0.05) is 32.4 Å². The number of hydrogen-bond donors (Lipinski definition) is 1. The fraction of sp³-hybridized carbons (Fsp3) is 0.571. The van der Waals surface area contributed by atoms with Crippen molar-refractivity contribution in [2.75, 3.05) is 13.7 Å². The molecule has 1 atom stereocenters. The first-order valence-electron chi connectivity index (χ1n) is 5.91. The summed E-state index contributed by atoms with van der Waals surface area (Å²) in [5.74, 6) is 0.872. The molecule has 0 radical (unpaired) electrons. The van der Waals surface area contributed by atoms with Gasteiger partial charge in [-0.15, -0.1) is 0 Å². The fourth-order valence-electron chi connectivity index (χ4n) is 1.65. The molecule has 0 aliphatic rings. The van der Waals surface area contributed by atoms with Crippen molar-refractivity contribution < 1.29 is 4.74 Å². The van der Waals surface area contributed by atoms with Crippen molar-refractivity contribution in [2.45, 2.75) is 33.7 Å². The van der Waals surface area contributed by atoms with Crippen molar-refractivity contribution in [3.8, 4) is 5.75 Å². The van der Waals surface area contributed by atoms with Gasteiger partial charge in [0, 0.05) is 11.1 Å². The van der Waals surface area contributed by atoms with Crippen LogP contribution in [0, 0.1) is 12.3 Å². The predicted octanol–water partition coefficient (Wildman–Crippen LogP) is 3.66. The van der Waals surface area contributed by atoms with Crippen molar-refractivity contribution in [1.29, 1.82) is 0 Å². The number of aryl methyl sites for hydroxylation is 1. The lowest BCUT2D eigenvalue weighted by atomic mass is 9.87. The lowest BCUT2D eigenvalue weighted by Crippen LogP contribution is -2.42. The molecule has 0 bridgehead atoms. The van der Waals surface area contributed by atoms with E-state index < -0.39 is 0 Å². The Labute approximate surface area is 109 Å². The molecule has 0 aliphatic carbocycles. The van der Waals surface area contributed by atoms with E-state index in [0.717, 1.165) is 16.3 Å². The van der Waals surface area contributed by atoms with E-state index in [9.17, 15) is 0 Å². The first-order valence-corrected chi connectivity index (χ1v) is 6.28. The number of halogens is 1. The van der Waals surface area contributed by atoms with E-state index in [4.69, 9.17) is 16.3 Å². The number of benzene rings is 1. The Morgan fingerprint density at radius 1 is 1.35 bits per heavy atom.